The van der Waals surface area contributed by atoms with Gasteiger partial charge in [-0.05, 0) is 25.3 Å². The quantitative estimate of drug-likeness (QED) is 0.847. The summed E-state index contributed by atoms with van der Waals surface area (Å²) in [5.41, 5.74) is 7.46. The van der Waals surface area contributed by atoms with Gasteiger partial charge in [0.25, 0.3) is 0 Å². The molecule has 0 aliphatic heterocycles. The van der Waals surface area contributed by atoms with E-state index in [1.807, 2.05) is 6.20 Å². The summed E-state index contributed by atoms with van der Waals surface area (Å²) >= 11 is 2.05. The lowest BCUT2D eigenvalue weighted by Gasteiger charge is -2.16. The van der Waals surface area contributed by atoms with Crippen molar-refractivity contribution in [2.75, 3.05) is 5.75 Å². The standard InChI is InChI=1S/C13H23N3S/c1-2-9-16-13(7-8-15-16)12(14)10-17-11-5-3-4-6-11/h7-8,11-12H,2-6,9-10,14H2,1H3. The molecule has 1 aliphatic rings. The molecule has 0 spiro atoms. The Morgan fingerprint density at radius 2 is 2.29 bits per heavy atom. The van der Waals surface area contributed by atoms with Crippen LogP contribution in [0.3, 0.4) is 0 Å². The van der Waals surface area contributed by atoms with E-state index in [2.05, 4.69) is 34.5 Å². The van der Waals surface area contributed by atoms with Crippen molar-refractivity contribution in [2.45, 2.75) is 56.9 Å². The van der Waals surface area contributed by atoms with Crippen LogP contribution >= 0.6 is 11.8 Å². The molecule has 1 saturated carbocycles. The van der Waals surface area contributed by atoms with Gasteiger partial charge in [0.2, 0.25) is 0 Å². The monoisotopic (exact) mass is 253 g/mol. The van der Waals surface area contributed by atoms with E-state index in [9.17, 15) is 0 Å². The predicted octanol–water partition coefficient (Wildman–Crippen LogP) is 2.97. The molecule has 0 amide bonds. The van der Waals surface area contributed by atoms with Gasteiger partial charge in [-0.3, -0.25) is 4.68 Å². The molecular formula is C13H23N3S. The van der Waals surface area contributed by atoms with E-state index in [4.69, 9.17) is 5.73 Å². The molecule has 1 fully saturated rings. The SMILES string of the molecule is CCCn1nccc1C(N)CSC1CCCC1. The van der Waals surface area contributed by atoms with Crippen molar-refractivity contribution in [3.63, 3.8) is 0 Å². The minimum Gasteiger partial charge on any atom is -0.322 e. The van der Waals surface area contributed by atoms with Gasteiger partial charge in [0, 0.05) is 23.7 Å². The molecule has 2 N–H and O–H groups in total. The first kappa shape index (κ1) is 13.0. The van der Waals surface area contributed by atoms with E-state index in [0.717, 1.165) is 24.0 Å². The van der Waals surface area contributed by atoms with Crippen LogP contribution in [0.2, 0.25) is 0 Å². The first-order chi connectivity index (χ1) is 8.31. The first-order valence-electron chi connectivity index (χ1n) is 6.70. The van der Waals surface area contributed by atoms with Gasteiger partial charge in [0.1, 0.15) is 0 Å². The van der Waals surface area contributed by atoms with Crippen LogP contribution in [0.5, 0.6) is 0 Å². The first-order valence-corrected chi connectivity index (χ1v) is 7.75. The number of aromatic nitrogens is 2. The maximum Gasteiger partial charge on any atom is 0.0559 e. The zero-order chi connectivity index (χ0) is 12.1. The van der Waals surface area contributed by atoms with Gasteiger partial charge in [-0.2, -0.15) is 16.9 Å². The minimum absolute atomic E-state index is 0.134. The lowest BCUT2D eigenvalue weighted by atomic mass is 10.2. The van der Waals surface area contributed by atoms with Crippen LogP contribution in [0.15, 0.2) is 12.3 Å². The second kappa shape index (κ2) is 6.45. The Balaban J connectivity index is 1.85. The molecule has 1 aromatic rings. The van der Waals surface area contributed by atoms with Crippen LogP contribution in [0.4, 0.5) is 0 Å². The number of nitrogens with zero attached hydrogens (tertiary/aromatic N) is 2. The van der Waals surface area contributed by atoms with Crippen molar-refractivity contribution in [2.24, 2.45) is 5.73 Å². The van der Waals surface area contributed by atoms with Crippen molar-refractivity contribution >= 4 is 11.8 Å². The van der Waals surface area contributed by atoms with Crippen LogP contribution < -0.4 is 5.73 Å². The fourth-order valence-corrected chi connectivity index (χ4v) is 3.75. The number of hydrogen-bond acceptors (Lipinski definition) is 3. The van der Waals surface area contributed by atoms with Crippen molar-refractivity contribution in [3.8, 4) is 0 Å². The second-order valence-corrected chi connectivity index (χ2v) is 6.16. The maximum atomic E-state index is 6.27. The Labute approximate surface area is 108 Å². The van der Waals surface area contributed by atoms with Crippen molar-refractivity contribution in [1.29, 1.82) is 0 Å². The molecule has 1 aliphatic carbocycles. The molecular weight excluding hydrogens is 230 g/mol. The van der Waals surface area contributed by atoms with E-state index in [1.54, 1.807) is 0 Å². The van der Waals surface area contributed by atoms with E-state index in [0.29, 0.717) is 0 Å². The molecule has 1 aromatic heterocycles. The average Bonchev–Trinajstić information content (AvgIpc) is 2.97. The smallest absolute Gasteiger partial charge is 0.0559 e. The molecule has 3 nitrogen and oxygen atoms in total. The Kier molecular flexibility index (Phi) is 4.92. The summed E-state index contributed by atoms with van der Waals surface area (Å²) in [5, 5.41) is 5.18. The number of aryl methyl sites for hydroxylation is 1. The van der Waals surface area contributed by atoms with E-state index in [-0.39, 0.29) is 6.04 Å². The van der Waals surface area contributed by atoms with E-state index in [1.165, 1.54) is 31.4 Å². The minimum atomic E-state index is 0.134. The fraction of sp³-hybridized carbons (Fsp3) is 0.769. The highest BCUT2D eigenvalue weighted by molar-refractivity contribution is 7.99. The normalized spacial score (nSPS) is 18.7. The number of thioether (sulfide) groups is 1. The second-order valence-electron chi connectivity index (χ2n) is 4.83. The Bertz CT molecular complexity index is 331. The molecule has 1 unspecified atom stereocenters. The summed E-state index contributed by atoms with van der Waals surface area (Å²) in [7, 11) is 0. The summed E-state index contributed by atoms with van der Waals surface area (Å²) in [6.07, 6.45) is 8.54. The average molecular weight is 253 g/mol. The third-order valence-electron chi connectivity index (χ3n) is 3.38. The fourth-order valence-electron chi connectivity index (χ4n) is 2.44. The highest BCUT2D eigenvalue weighted by atomic mass is 32.2. The van der Waals surface area contributed by atoms with Gasteiger partial charge in [-0.15, -0.1) is 0 Å². The summed E-state index contributed by atoms with van der Waals surface area (Å²) in [4.78, 5) is 0. The Morgan fingerprint density at radius 3 is 3.00 bits per heavy atom. The third-order valence-corrected chi connectivity index (χ3v) is 4.87. The summed E-state index contributed by atoms with van der Waals surface area (Å²) in [6, 6.07) is 2.20. The summed E-state index contributed by atoms with van der Waals surface area (Å²) in [5.74, 6) is 1.03. The molecule has 0 bridgehead atoms. The Morgan fingerprint density at radius 1 is 1.53 bits per heavy atom. The molecule has 0 saturated heterocycles. The van der Waals surface area contributed by atoms with Crippen molar-refractivity contribution < 1.29 is 0 Å². The summed E-state index contributed by atoms with van der Waals surface area (Å²) in [6.45, 7) is 3.15. The molecule has 17 heavy (non-hydrogen) atoms. The van der Waals surface area contributed by atoms with Gasteiger partial charge < -0.3 is 5.73 Å². The topological polar surface area (TPSA) is 43.8 Å². The van der Waals surface area contributed by atoms with Crippen LogP contribution in [0.25, 0.3) is 0 Å². The highest BCUT2D eigenvalue weighted by Gasteiger charge is 2.18. The molecule has 0 radical (unpaired) electrons. The van der Waals surface area contributed by atoms with E-state index < -0.39 is 0 Å². The lowest BCUT2D eigenvalue weighted by Crippen LogP contribution is -2.19. The number of hydrogen-bond donors (Lipinski definition) is 1. The molecule has 1 heterocycles. The van der Waals surface area contributed by atoms with Crippen LogP contribution in [0, 0.1) is 0 Å². The van der Waals surface area contributed by atoms with Crippen LogP contribution in [0.1, 0.15) is 50.8 Å². The number of rotatable bonds is 6. The molecule has 0 aromatic carbocycles. The third kappa shape index (κ3) is 3.49. The Hall–Kier alpha value is -0.480. The van der Waals surface area contributed by atoms with Crippen molar-refractivity contribution in [1.82, 2.24) is 9.78 Å². The maximum absolute atomic E-state index is 6.27. The summed E-state index contributed by atoms with van der Waals surface area (Å²) < 4.78 is 2.06. The zero-order valence-electron chi connectivity index (χ0n) is 10.6. The van der Waals surface area contributed by atoms with E-state index >= 15 is 0 Å². The molecule has 2 rings (SSSR count). The van der Waals surface area contributed by atoms with Gasteiger partial charge >= 0.3 is 0 Å². The predicted molar refractivity (Wildman–Crippen MR) is 74.2 cm³/mol. The number of nitrogens with two attached hydrogens (primary N) is 1. The molecule has 4 heteroatoms. The van der Waals surface area contributed by atoms with Crippen LogP contribution in [-0.2, 0) is 6.54 Å². The van der Waals surface area contributed by atoms with Gasteiger partial charge in [0.15, 0.2) is 0 Å². The molecule has 1 atom stereocenters. The molecule has 96 valence electrons. The largest absolute Gasteiger partial charge is 0.322 e. The van der Waals surface area contributed by atoms with Crippen molar-refractivity contribution in [3.05, 3.63) is 18.0 Å². The van der Waals surface area contributed by atoms with Gasteiger partial charge in [-0.1, -0.05) is 19.8 Å². The lowest BCUT2D eigenvalue weighted by molar-refractivity contribution is 0.554. The van der Waals surface area contributed by atoms with Crippen LogP contribution in [-0.4, -0.2) is 20.8 Å². The van der Waals surface area contributed by atoms with Gasteiger partial charge in [0.05, 0.1) is 11.7 Å². The van der Waals surface area contributed by atoms with Gasteiger partial charge in [-0.25, -0.2) is 0 Å². The highest BCUT2D eigenvalue weighted by Crippen LogP contribution is 2.31. The zero-order valence-corrected chi connectivity index (χ0v) is 11.5.